The molecule has 19 heavy (non-hydrogen) atoms. The Labute approximate surface area is 119 Å². The van der Waals surface area contributed by atoms with Crippen molar-refractivity contribution >= 4 is 11.3 Å². The molecule has 0 fully saturated rings. The van der Waals surface area contributed by atoms with Gasteiger partial charge in [-0.3, -0.25) is 4.68 Å². The van der Waals surface area contributed by atoms with Crippen LogP contribution in [0.25, 0.3) is 0 Å². The monoisotopic (exact) mass is 277 g/mol. The third-order valence-electron chi connectivity index (χ3n) is 3.56. The van der Waals surface area contributed by atoms with E-state index in [2.05, 4.69) is 58.9 Å². The van der Waals surface area contributed by atoms with Crippen LogP contribution < -0.4 is 5.32 Å². The molecule has 0 unspecified atom stereocenters. The van der Waals surface area contributed by atoms with Crippen molar-refractivity contribution in [2.75, 3.05) is 0 Å². The van der Waals surface area contributed by atoms with E-state index in [1.165, 1.54) is 11.1 Å². The summed E-state index contributed by atoms with van der Waals surface area (Å²) in [5.41, 5.74) is 3.89. The van der Waals surface area contributed by atoms with E-state index in [0.29, 0.717) is 6.04 Å². The van der Waals surface area contributed by atoms with Crippen LogP contribution in [0.1, 0.15) is 49.6 Å². The summed E-state index contributed by atoms with van der Waals surface area (Å²) in [5, 5.41) is 12.5. The summed E-state index contributed by atoms with van der Waals surface area (Å²) in [6.07, 6.45) is 4.38. The maximum absolute atomic E-state index is 4.65. The van der Waals surface area contributed by atoms with Gasteiger partial charge in [-0.1, -0.05) is 13.8 Å². The molecule has 0 aliphatic rings. The number of nitrogens with one attached hydrogen (secondary N) is 1. The highest BCUT2D eigenvalue weighted by atomic mass is 32.1. The Balaban J connectivity index is 1.85. The van der Waals surface area contributed by atoms with Crippen molar-refractivity contribution in [3.05, 3.63) is 39.8 Å². The molecule has 0 radical (unpaired) electrons. The second-order valence-corrected chi connectivity index (χ2v) is 5.68. The second-order valence-electron chi connectivity index (χ2n) is 4.94. The molecular formula is C15H23N3S. The first-order valence-corrected chi connectivity index (χ1v) is 7.95. The van der Waals surface area contributed by atoms with Gasteiger partial charge in [-0.25, -0.2) is 0 Å². The Bertz CT molecular complexity index is 497. The van der Waals surface area contributed by atoms with Gasteiger partial charge >= 0.3 is 0 Å². The fourth-order valence-electron chi connectivity index (χ4n) is 2.23. The normalized spacial score (nSPS) is 11.4. The summed E-state index contributed by atoms with van der Waals surface area (Å²) >= 11 is 1.77. The van der Waals surface area contributed by atoms with E-state index in [1.807, 2.05) is 0 Å². The summed E-state index contributed by atoms with van der Waals surface area (Å²) in [7, 11) is 0. The van der Waals surface area contributed by atoms with E-state index in [1.54, 1.807) is 11.3 Å². The van der Waals surface area contributed by atoms with Crippen molar-refractivity contribution in [2.45, 2.75) is 52.7 Å². The summed E-state index contributed by atoms with van der Waals surface area (Å²) in [4.78, 5) is 0. The second kappa shape index (κ2) is 6.87. The van der Waals surface area contributed by atoms with Crippen molar-refractivity contribution in [1.29, 1.82) is 0 Å². The number of aryl methyl sites for hydroxylation is 1. The van der Waals surface area contributed by atoms with Crippen molar-refractivity contribution in [3.8, 4) is 0 Å². The average Bonchev–Trinajstić information content (AvgIpc) is 3.02. The van der Waals surface area contributed by atoms with Crippen LogP contribution in [0.5, 0.6) is 0 Å². The standard InChI is InChI=1S/C15H23N3S/c1-4-15(5-2)18-7-6-14(17-18)9-16-8-13-11-19-10-12(13)3/h6-7,10-11,15-16H,4-5,8-9H2,1-3H3. The van der Waals surface area contributed by atoms with E-state index in [9.17, 15) is 0 Å². The molecular weight excluding hydrogens is 254 g/mol. The number of hydrogen-bond acceptors (Lipinski definition) is 3. The first-order valence-electron chi connectivity index (χ1n) is 7.01. The molecule has 104 valence electrons. The molecule has 2 heterocycles. The molecule has 0 saturated carbocycles. The highest BCUT2D eigenvalue weighted by Gasteiger charge is 2.07. The van der Waals surface area contributed by atoms with Gasteiger partial charge in [0.25, 0.3) is 0 Å². The van der Waals surface area contributed by atoms with Gasteiger partial charge < -0.3 is 5.32 Å². The molecule has 1 N–H and O–H groups in total. The van der Waals surface area contributed by atoms with Crippen LogP contribution in [0.15, 0.2) is 23.0 Å². The van der Waals surface area contributed by atoms with E-state index in [4.69, 9.17) is 0 Å². The lowest BCUT2D eigenvalue weighted by Crippen LogP contribution is -2.14. The zero-order valence-electron chi connectivity index (χ0n) is 12.0. The Hall–Kier alpha value is -1.13. The highest BCUT2D eigenvalue weighted by molar-refractivity contribution is 7.08. The minimum absolute atomic E-state index is 0.535. The summed E-state index contributed by atoms with van der Waals surface area (Å²) in [6, 6.07) is 2.65. The van der Waals surface area contributed by atoms with E-state index in [-0.39, 0.29) is 0 Å². The van der Waals surface area contributed by atoms with E-state index in [0.717, 1.165) is 31.6 Å². The molecule has 2 aromatic heterocycles. The Morgan fingerprint density at radius 3 is 2.68 bits per heavy atom. The molecule has 0 aliphatic carbocycles. The van der Waals surface area contributed by atoms with E-state index >= 15 is 0 Å². The Kier molecular flexibility index (Phi) is 5.16. The topological polar surface area (TPSA) is 29.9 Å². The van der Waals surface area contributed by atoms with Gasteiger partial charge in [0.15, 0.2) is 0 Å². The van der Waals surface area contributed by atoms with Gasteiger partial charge in [-0.15, -0.1) is 0 Å². The van der Waals surface area contributed by atoms with Crippen LogP contribution in [0.3, 0.4) is 0 Å². The van der Waals surface area contributed by atoms with Gasteiger partial charge in [0.05, 0.1) is 11.7 Å². The third kappa shape index (κ3) is 3.67. The number of thiophene rings is 1. The van der Waals surface area contributed by atoms with E-state index < -0.39 is 0 Å². The molecule has 0 amide bonds. The van der Waals surface area contributed by atoms with Crippen molar-refractivity contribution in [1.82, 2.24) is 15.1 Å². The maximum Gasteiger partial charge on any atom is 0.0762 e. The molecule has 4 heteroatoms. The van der Waals surface area contributed by atoms with Crippen molar-refractivity contribution in [2.24, 2.45) is 0 Å². The molecule has 3 nitrogen and oxygen atoms in total. The SMILES string of the molecule is CCC(CC)n1ccc(CNCc2cscc2C)n1. The fraction of sp³-hybridized carbons (Fsp3) is 0.533. The lowest BCUT2D eigenvalue weighted by Gasteiger charge is -2.12. The lowest BCUT2D eigenvalue weighted by atomic mass is 10.2. The van der Waals surface area contributed by atoms with Crippen LogP contribution in [-0.4, -0.2) is 9.78 Å². The van der Waals surface area contributed by atoms with Crippen LogP contribution in [0, 0.1) is 6.92 Å². The smallest absolute Gasteiger partial charge is 0.0762 e. The zero-order valence-corrected chi connectivity index (χ0v) is 12.8. The first kappa shape index (κ1) is 14.3. The van der Waals surface area contributed by atoms with Gasteiger partial charge in [0.1, 0.15) is 0 Å². The summed E-state index contributed by atoms with van der Waals surface area (Å²) in [5.74, 6) is 0. The third-order valence-corrected chi connectivity index (χ3v) is 4.47. The van der Waals surface area contributed by atoms with Crippen LogP contribution >= 0.6 is 11.3 Å². The molecule has 0 aromatic carbocycles. The van der Waals surface area contributed by atoms with Gasteiger partial charge in [-0.2, -0.15) is 16.4 Å². The van der Waals surface area contributed by atoms with Gasteiger partial charge in [-0.05, 0) is 47.7 Å². The zero-order chi connectivity index (χ0) is 13.7. The molecule has 0 aliphatic heterocycles. The molecule has 2 rings (SSSR count). The number of hydrogen-bond donors (Lipinski definition) is 1. The Morgan fingerprint density at radius 2 is 2.05 bits per heavy atom. The predicted octanol–water partition coefficient (Wildman–Crippen LogP) is 3.90. The van der Waals surface area contributed by atoms with Crippen molar-refractivity contribution < 1.29 is 0 Å². The molecule has 0 atom stereocenters. The summed E-state index contributed by atoms with van der Waals surface area (Å²) in [6.45, 7) is 8.35. The van der Waals surface area contributed by atoms with Crippen molar-refractivity contribution in [3.63, 3.8) is 0 Å². The molecule has 2 aromatic rings. The van der Waals surface area contributed by atoms with Gasteiger partial charge in [0.2, 0.25) is 0 Å². The quantitative estimate of drug-likeness (QED) is 0.831. The van der Waals surface area contributed by atoms with Crippen LogP contribution in [0.4, 0.5) is 0 Å². The minimum atomic E-state index is 0.535. The maximum atomic E-state index is 4.65. The lowest BCUT2D eigenvalue weighted by molar-refractivity contribution is 0.424. The first-order chi connectivity index (χ1) is 9.24. The fourth-order valence-corrected chi connectivity index (χ4v) is 3.09. The highest BCUT2D eigenvalue weighted by Crippen LogP contribution is 2.15. The number of nitrogens with zero attached hydrogens (tertiary/aromatic N) is 2. The molecule has 0 saturated heterocycles. The average molecular weight is 277 g/mol. The van der Waals surface area contributed by atoms with Crippen LogP contribution in [-0.2, 0) is 13.1 Å². The molecule has 0 spiro atoms. The predicted molar refractivity (Wildman–Crippen MR) is 81.4 cm³/mol. The van der Waals surface area contributed by atoms with Crippen LogP contribution in [0.2, 0.25) is 0 Å². The number of rotatable bonds is 7. The molecule has 0 bridgehead atoms. The Morgan fingerprint density at radius 1 is 1.26 bits per heavy atom. The number of aromatic nitrogens is 2. The largest absolute Gasteiger partial charge is 0.307 e. The summed E-state index contributed by atoms with van der Waals surface area (Å²) < 4.78 is 2.10. The minimum Gasteiger partial charge on any atom is -0.307 e. The van der Waals surface area contributed by atoms with Gasteiger partial charge in [0, 0.05) is 19.3 Å².